The van der Waals surface area contributed by atoms with Crippen LogP contribution >= 0.6 is 37.9 Å². The Kier molecular flexibility index (Phi) is 29.4. The Morgan fingerprint density at radius 1 is 0.311 bits per heavy atom. The van der Waals surface area contributed by atoms with E-state index in [0.29, 0.717) is 37.1 Å². The van der Waals surface area contributed by atoms with E-state index in [2.05, 4.69) is 20.8 Å². The Bertz CT molecular complexity index is 691. The highest BCUT2D eigenvalue weighted by Crippen LogP contribution is 2.46. The molecule has 6 heteroatoms. The second-order valence-electron chi connectivity index (χ2n) is 12.9. The van der Waals surface area contributed by atoms with Gasteiger partial charge in [-0.25, -0.2) is 0 Å². The van der Waals surface area contributed by atoms with Crippen molar-refractivity contribution in [1.29, 1.82) is 0 Å². The molecule has 264 valence electrons. The maximum atomic E-state index is 6.58. The van der Waals surface area contributed by atoms with Crippen molar-refractivity contribution in [3.8, 4) is 17.2 Å². The van der Waals surface area contributed by atoms with Crippen LogP contribution in [0.5, 0.6) is 17.2 Å². The maximum Gasteiger partial charge on any atom is 0.134 e. The van der Waals surface area contributed by atoms with Crippen LogP contribution in [0.3, 0.4) is 0 Å². The van der Waals surface area contributed by atoms with Crippen LogP contribution in [0, 0.1) is 0 Å². The second-order valence-corrected chi connectivity index (χ2v) is 13.8. The minimum Gasteiger partial charge on any atom is -0.493 e. The van der Waals surface area contributed by atoms with Crippen molar-refractivity contribution in [1.82, 2.24) is 0 Å². The van der Waals surface area contributed by atoms with E-state index >= 15 is 0 Å². The predicted octanol–water partition coefficient (Wildman–Crippen LogP) is 13.5. The second kappa shape index (κ2) is 31.0. The van der Waals surface area contributed by atoms with Crippen LogP contribution in [-0.4, -0.2) is 19.8 Å². The third-order valence-corrected chi connectivity index (χ3v) is 9.80. The normalized spacial score (nSPS) is 11.3. The summed E-state index contributed by atoms with van der Waals surface area (Å²) in [5.74, 6) is 4.30. The molecule has 0 heterocycles. The Morgan fingerprint density at radius 3 is 0.711 bits per heavy atom. The molecule has 0 spiro atoms. The molecule has 0 aliphatic heterocycles. The quantitative estimate of drug-likeness (QED) is 0.0508. The van der Waals surface area contributed by atoms with Crippen LogP contribution in [-0.2, 0) is 17.3 Å². The molecule has 1 aromatic carbocycles. The summed E-state index contributed by atoms with van der Waals surface area (Å²) in [5, 5.41) is 0. The number of rotatable bonds is 33. The van der Waals surface area contributed by atoms with E-state index in [4.69, 9.17) is 52.1 Å². The Labute approximate surface area is 296 Å². The zero-order valence-corrected chi connectivity index (χ0v) is 32.5. The lowest BCUT2D eigenvalue weighted by Crippen LogP contribution is -2.12. The minimum absolute atomic E-state index is 0.555. The summed E-state index contributed by atoms with van der Waals surface area (Å²) < 4.78 is 19.7. The van der Waals surface area contributed by atoms with Crippen LogP contribution in [0.4, 0.5) is 0 Å². The van der Waals surface area contributed by atoms with Crippen LogP contribution in [0.2, 0.25) is 0 Å². The first-order chi connectivity index (χ1) is 22.2. The average molecular weight is 685 g/mol. The number of benzene rings is 1. The zero-order valence-electron chi connectivity index (χ0n) is 29.8. The molecule has 0 N–H and O–H groups in total. The molecule has 0 saturated carbocycles. The van der Waals surface area contributed by atoms with Gasteiger partial charge in [-0.2, -0.15) is 37.9 Å². The molecule has 0 aliphatic rings. The van der Waals surface area contributed by atoms with Gasteiger partial charge in [0.25, 0.3) is 0 Å². The highest BCUT2D eigenvalue weighted by molar-refractivity contribution is 7.79. The molecule has 0 fully saturated rings. The van der Waals surface area contributed by atoms with E-state index in [1.165, 1.54) is 135 Å². The van der Waals surface area contributed by atoms with Crippen LogP contribution < -0.4 is 14.2 Å². The van der Waals surface area contributed by atoms with Gasteiger partial charge in [0.15, 0.2) is 0 Å². The van der Waals surface area contributed by atoms with Gasteiger partial charge in [-0.15, -0.1) is 0 Å². The lowest BCUT2D eigenvalue weighted by Gasteiger charge is -2.25. The molecule has 0 unspecified atom stereocenters. The molecule has 0 saturated heterocycles. The van der Waals surface area contributed by atoms with Gasteiger partial charge in [-0.1, -0.05) is 156 Å². The lowest BCUT2D eigenvalue weighted by molar-refractivity contribution is 0.267. The van der Waals surface area contributed by atoms with Gasteiger partial charge < -0.3 is 14.2 Å². The average Bonchev–Trinajstić information content (AvgIpc) is 3.05. The van der Waals surface area contributed by atoms with Gasteiger partial charge in [0, 0.05) is 33.9 Å². The van der Waals surface area contributed by atoms with Gasteiger partial charge in [0.2, 0.25) is 0 Å². The fraction of sp³-hybridized carbons (Fsp3) is 0.846. The Morgan fingerprint density at radius 2 is 0.511 bits per heavy atom. The first-order valence-electron chi connectivity index (χ1n) is 19.1. The van der Waals surface area contributed by atoms with E-state index in [0.717, 1.165) is 53.2 Å². The first kappa shape index (κ1) is 42.7. The molecule has 0 aromatic heterocycles. The van der Waals surface area contributed by atoms with Crippen LogP contribution in [0.25, 0.3) is 0 Å². The molecule has 0 aliphatic carbocycles. The van der Waals surface area contributed by atoms with Crippen LogP contribution in [0.1, 0.15) is 192 Å². The fourth-order valence-electron chi connectivity index (χ4n) is 6.04. The molecule has 1 aromatic rings. The highest BCUT2D eigenvalue weighted by Gasteiger charge is 2.26. The van der Waals surface area contributed by atoms with Crippen molar-refractivity contribution in [2.45, 2.75) is 192 Å². The summed E-state index contributed by atoms with van der Waals surface area (Å²) in [6.07, 6.45) is 30.8. The van der Waals surface area contributed by atoms with Crippen molar-refractivity contribution in [3.05, 3.63) is 16.7 Å². The molecule has 0 bridgehead atoms. The van der Waals surface area contributed by atoms with Crippen LogP contribution in [0.15, 0.2) is 0 Å². The molecule has 45 heavy (non-hydrogen) atoms. The summed E-state index contributed by atoms with van der Waals surface area (Å²) in [7, 11) is 0. The standard InChI is InChI=1S/C39H72O3S3/c1-4-7-10-13-16-19-22-25-28-40-37-34(31-43)38(41-29-26-23-20-17-14-11-8-5-2)36(33-45)39(35(37)32-44)42-30-27-24-21-18-15-12-9-6-3/h43-45H,4-33H2,1-3H3. The monoisotopic (exact) mass is 684 g/mol. The third kappa shape index (κ3) is 19.3. The topological polar surface area (TPSA) is 27.7 Å². The predicted molar refractivity (Wildman–Crippen MR) is 209 cm³/mol. The summed E-state index contributed by atoms with van der Waals surface area (Å²) >= 11 is 14.3. The zero-order chi connectivity index (χ0) is 32.8. The minimum atomic E-state index is 0.555. The third-order valence-electron chi connectivity index (χ3n) is 8.85. The summed E-state index contributed by atoms with van der Waals surface area (Å²) in [6.45, 7) is 8.93. The first-order valence-corrected chi connectivity index (χ1v) is 21.0. The van der Waals surface area contributed by atoms with Crippen molar-refractivity contribution in [2.75, 3.05) is 19.8 Å². The molecular weight excluding hydrogens is 613 g/mol. The molecule has 1 rings (SSSR count). The summed E-state index contributed by atoms with van der Waals surface area (Å²) in [4.78, 5) is 0. The number of hydrogen-bond acceptors (Lipinski definition) is 6. The van der Waals surface area contributed by atoms with Crippen molar-refractivity contribution < 1.29 is 14.2 Å². The highest BCUT2D eigenvalue weighted by atomic mass is 32.1. The largest absolute Gasteiger partial charge is 0.493 e. The molecule has 0 amide bonds. The van der Waals surface area contributed by atoms with Crippen molar-refractivity contribution in [2.24, 2.45) is 0 Å². The number of thiol groups is 3. The van der Waals surface area contributed by atoms with E-state index in [1.807, 2.05) is 0 Å². The number of ether oxygens (including phenoxy) is 3. The summed E-state index contributed by atoms with van der Waals surface area (Å²) in [5.41, 5.74) is 3.10. The van der Waals surface area contributed by atoms with Gasteiger partial charge in [-0.05, 0) is 19.3 Å². The van der Waals surface area contributed by atoms with Gasteiger partial charge in [0.1, 0.15) is 17.2 Å². The number of hydrogen-bond donors (Lipinski definition) is 3. The van der Waals surface area contributed by atoms with Gasteiger partial charge in [0.05, 0.1) is 19.8 Å². The smallest absolute Gasteiger partial charge is 0.134 e. The van der Waals surface area contributed by atoms with E-state index < -0.39 is 0 Å². The van der Waals surface area contributed by atoms with Gasteiger partial charge in [-0.3, -0.25) is 0 Å². The maximum absolute atomic E-state index is 6.58. The molecular formula is C39H72O3S3. The Balaban J connectivity index is 2.93. The molecule has 0 radical (unpaired) electrons. The van der Waals surface area contributed by atoms with E-state index in [9.17, 15) is 0 Å². The SMILES string of the molecule is CCCCCCCCCCOc1c(CS)c(OCCCCCCCCCC)c(CS)c(OCCCCCCCCCC)c1CS. The molecule has 0 atom stereocenters. The number of unbranched alkanes of at least 4 members (excludes halogenated alkanes) is 21. The van der Waals surface area contributed by atoms with Gasteiger partial charge >= 0.3 is 0 Å². The van der Waals surface area contributed by atoms with Crippen molar-refractivity contribution in [3.63, 3.8) is 0 Å². The fourth-order valence-corrected chi connectivity index (χ4v) is 6.90. The molecule has 3 nitrogen and oxygen atoms in total. The summed E-state index contributed by atoms with van der Waals surface area (Å²) in [6, 6.07) is 0. The van der Waals surface area contributed by atoms with E-state index in [-0.39, 0.29) is 0 Å². The Hall–Kier alpha value is -0.330. The van der Waals surface area contributed by atoms with Crippen molar-refractivity contribution >= 4 is 37.9 Å². The van der Waals surface area contributed by atoms with E-state index in [1.54, 1.807) is 0 Å². The lowest BCUT2D eigenvalue weighted by atomic mass is 10.0.